The molecule has 1 heterocycles. The van der Waals surface area contributed by atoms with Gasteiger partial charge in [-0.3, -0.25) is 4.79 Å². The van der Waals surface area contributed by atoms with Crippen LogP contribution in [0.3, 0.4) is 0 Å². The number of amides is 1. The molecule has 2 aromatic carbocycles. The quantitative estimate of drug-likeness (QED) is 0.798. The monoisotopic (exact) mass is 349 g/mol. The highest BCUT2D eigenvalue weighted by Gasteiger charge is 2.21. The van der Waals surface area contributed by atoms with Crippen molar-refractivity contribution in [2.75, 3.05) is 13.3 Å². The van der Waals surface area contributed by atoms with Gasteiger partial charge in [0.05, 0.1) is 5.56 Å². The fraction of sp³-hybridized carbons (Fsp3) is 0.278. The van der Waals surface area contributed by atoms with Crippen molar-refractivity contribution in [1.82, 2.24) is 4.90 Å². The van der Waals surface area contributed by atoms with E-state index in [1.54, 1.807) is 29.2 Å². The standard InChI is InChI=1S/C18H17F2NO4/c1-2-21(10-12-7-8-15-16(9-12)24-11-23-15)17(22)13-5-3-4-6-14(13)25-18(19)20/h3-9,18H,2,10-11H2,1H3. The number of halogens is 2. The van der Waals surface area contributed by atoms with Crippen LogP contribution in [0.25, 0.3) is 0 Å². The number of para-hydroxylation sites is 1. The summed E-state index contributed by atoms with van der Waals surface area (Å²) in [5.41, 5.74) is 0.956. The van der Waals surface area contributed by atoms with E-state index in [4.69, 9.17) is 9.47 Å². The van der Waals surface area contributed by atoms with Gasteiger partial charge in [-0.2, -0.15) is 8.78 Å². The fourth-order valence-electron chi connectivity index (χ4n) is 2.60. The second kappa shape index (κ2) is 7.38. The molecule has 0 radical (unpaired) electrons. The molecule has 25 heavy (non-hydrogen) atoms. The van der Waals surface area contributed by atoms with Crippen LogP contribution in [-0.4, -0.2) is 30.8 Å². The predicted molar refractivity (Wildman–Crippen MR) is 86.1 cm³/mol. The molecule has 0 N–H and O–H groups in total. The maximum Gasteiger partial charge on any atom is 0.387 e. The van der Waals surface area contributed by atoms with Crippen LogP contribution in [0.15, 0.2) is 42.5 Å². The molecule has 5 nitrogen and oxygen atoms in total. The van der Waals surface area contributed by atoms with Gasteiger partial charge in [-0.05, 0) is 36.8 Å². The zero-order valence-electron chi connectivity index (χ0n) is 13.6. The van der Waals surface area contributed by atoms with Crippen LogP contribution < -0.4 is 14.2 Å². The van der Waals surface area contributed by atoms with E-state index in [0.29, 0.717) is 24.6 Å². The summed E-state index contributed by atoms with van der Waals surface area (Å²) in [6.45, 7) is -0.266. The molecule has 0 aromatic heterocycles. The molecule has 0 saturated carbocycles. The van der Waals surface area contributed by atoms with E-state index >= 15 is 0 Å². The molecule has 132 valence electrons. The van der Waals surface area contributed by atoms with Crippen LogP contribution >= 0.6 is 0 Å². The zero-order chi connectivity index (χ0) is 17.8. The van der Waals surface area contributed by atoms with Crippen molar-refractivity contribution in [3.05, 3.63) is 53.6 Å². The highest BCUT2D eigenvalue weighted by Crippen LogP contribution is 2.33. The molecule has 2 aromatic rings. The number of rotatable bonds is 6. The third-order valence-corrected chi connectivity index (χ3v) is 3.81. The Morgan fingerprint density at radius 3 is 2.72 bits per heavy atom. The summed E-state index contributed by atoms with van der Waals surface area (Å²) < 4.78 is 40.1. The molecule has 1 aliphatic heterocycles. The van der Waals surface area contributed by atoms with Crippen LogP contribution in [0.4, 0.5) is 8.78 Å². The number of ether oxygens (including phenoxy) is 3. The summed E-state index contributed by atoms with van der Waals surface area (Å²) in [6, 6.07) is 11.4. The first-order valence-electron chi connectivity index (χ1n) is 7.80. The average molecular weight is 349 g/mol. The Bertz CT molecular complexity index is 766. The molecule has 0 fully saturated rings. The van der Waals surface area contributed by atoms with Crippen molar-refractivity contribution < 1.29 is 27.8 Å². The van der Waals surface area contributed by atoms with E-state index in [-0.39, 0.29) is 24.0 Å². The first-order chi connectivity index (χ1) is 12.1. The smallest absolute Gasteiger partial charge is 0.387 e. The number of carbonyl (C=O) groups excluding carboxylic acids is 1. The molecule has 1 aliphatic rings. The molecular weight excluding hydrogens is 332 g/mol. The summed E-state index contributed by atoms with van der Waals surface area (Å²) in [4.78, 5) is 14.3. The zero-order valence-corrected chi connectivity index (χ0v) is 13.6. The fourth-order valence-corrected chi connectivity index (χ4v) is 2.60. The SMILES string of the molecule is CCN(Cc1ccc2c(c1)OCO2)C(=O)c1ccccc1OC(F)F. The minimum absolute atomic E-state index is 0.102. The largest absolute Gasteiger partial charge is 0.454 e. The van der Waals surface area contributed by atoms with Gasteiger partial charge in [0.1, 0.15) is 5.75 Å². The Morgan fingerprint density at radius 2 is 1.96 bits per heavy atom. The Labute approximate surface area is 143 Å². The second-order valence-electron chi connectivity index (χ2n) is 5.38. The molecule has 0 bridgehead atoms. The number of fused-ring (bicyclic) bond motifs is 1. The summed E-state index contributed by atoms with van der Waals surface area (Å²) in [7, 11) is 0. The Kier molecular flexibility index (Phi) is 5.02. The van der Waals surface area contributed by atoms with E-state index < -0.39 is 6.61 Å². The van der Waals surface area contributed by atoms with E-state index in [0.717, 1.165) is 5.56 Å². The van der Waals surface area contributed by atoms with Crippen molar-refractivity contribution in [3.63, 3.8) is 0 Å². The van der Waals surface area contributed by atoms with E-state index in [9.17, 15) is 13.6 Å². The molecular formula is C18H17F2NO4. The number of carbonyl (C=O) groups is 1. The number of hydrogen-bond donors (Lipinski definition) is 0. The van der Waals surface area contributed by atoms with Crippen molar-refractivity contribution >= 4 is 5.91 Å². The number of benzene rings is 2. The van der Waals surface area contributed by atoms with E-state index in [1.807, 2.05) is 13.0 Å². The minimum atomic E-state index is -2.99. The summed E-state index contributed by atoms with van der Waals surface area (Å²) in [6.07, 6.45) is 0. The Hall–Kier alpha value is -2.83. The van der Waals surface area contributed by atoms with E-state index in [2.05, 4.69) is 4.74 Å². The molecule has 0 spiro atoms. The predicted octanol–water partition coefficient (Wildman–Crippen LogP) is 3.68. The molecule has 0 unspecified atom stereocenters. The highest BCUT2D eigenvalue weighted by atomic mass is 19.3. The normalized spacial score (nSPS) is 12.3. The maximum atomic E-state index is 12.8. The van der Waals surface area contributed by atoms with Crippen LogP contribution in [0.1, 0.15) is 22.8 Å². The van der Waals surface area contributed by atoms with Gasteiger partial charge >= 0.3 is 6.61 Å². The third-order valence-electron chi connectivity index (χ3n) is 3.81. The molecule has 0 aliphatic carbocycles. The molecule has 7 heteroatoms. The Balaban J connectivity index is 1.80. The molecule has 0 saturated heterocycles. The summed E-state index contributed by atoms with van der Waals surface area (Å²) in [5.74, 6) is 0.777. The van der Waals surface area contributed by atoms with Gasteiger partial charge in [0.15, 0.2) is 11.5 Å². The van der Waals surface area contributed by atoms with Gasteiger partial charge in [0.25, 0.3) is 5.91 Å². The number of nitrogens with zero attached hydrogens (tertiary/aromatic N) is 1. The van der Waals surface area contributed by atoms with Crippen molar-refractivity contribution in [1.29, 1.82) is 0 Å². The first-order valence-corrected chi connectivity index (χ1v) is 7.80. The lowest BCUT2D eigenvalue weighted by Crippen LogP contribution is -2.30. The molecule has 3 rings (SSSR count). The number of hydrogen-bond acceptors (Lipinski definition) is 4. The van der Waals surface area contributed by atoms with Crippen LogP contribution in [-0.2, 0) is 6.54 Å². The van der Waals surface area contributed by atoms with Gasteiger partial charge < -0.3 is 19.1 Å². The minimum Gasteiger partial charge on any atom is -0.454 e. The lowest BCUT2D eigenvalue weighted by molar-refractivity contribution is -0.0502. The molecule has 1 amide bonds. The van der Waals surface area contributed by atoms with Gasteiger partial charge in [-0.25, -0.2) is 0 Å². The van der Waals surface area contributed by atoms with Crippen molar-refractivity contribution in [2.45, 2.75) is 20.1 Å². The van der Waals surface area contributed by atoms with Gasteiger partial charge in [0, 0.05) is 13.1 Å². The van der Waals surface area contributed by atoms with Gasteiger partial charge in [-0.1, -0.05) is 18.2 Å². The third kappa shape index (κ3) is 3.81. The molecule has 0 atom stereocenters. The lowest BCUT2D eigenvalue weighted by Gasteiger charge is -2.22. The van der Waals surface area contributed by atoms with Crippen LogP contribution in [0, 0.1) is 0 Å². The second-order valence-corrected chi connectivity index (χ2v) is 5.38. The van der Waals surface area contributed by atoms with Gasteiger partial charge in [0.2, 0.25) is 6.79 Å². The Morgan fingerprint density at radius 1 is 1.20 bits per heavy atom. The van der Waals surface area contributed by atoms with E-state index in [1.165, 1.54) is 12.1 Å². The topological polar surface area (TPSA) is 48.0 Å². The number of alkyl halides is 2. The van der Waals surface area contributed by atoms with Crippen LogP contribution in [0.5, 0.6) is 17.2 Å². The van der Waals surface area contributed by atoms with Crippen molar-refractivity contribution in [2.24, 2.45) is 0 Å². The van der Waals surface area contributed by atoms with Crippen molar-refractivity contribution in [3.8, 4) is 17.2 Å². The average Bonchev–Trinajstić information content (AvgIpc) is 3.07. The van der Waals surface area contributed by atoms with Gasteiger partial charge in [-0.15, -0.1) is 0 Å². The summed E-state index contributed by atoms with van der Waals surface area (Å²) >= 11 is 0. The maximum absolute atomic E-state index is 12.8. The lowest BCUT2D eigenvalue weighted by atomic mass is 10.1. The summed E-state index contributed by atoms with van der Waals surface area (Å²) in [5, 5.41) is 0. The highest BCUT2D eigenvalue weighted by molar-refractivity contribution is 5.96. The van der Waals surface area contributed by atoms with Crippen LogP contribution in [0.2, 0.25) is 0 Å². The first kappa shape index (κ1) is 17.0.